The third-order valence-corrected chi connectivity index (χ3v) is 7.30. The minimum atomic E-state index is -1.15. The highest BCUT2D eigenvalue weighted by atomic mass is 79.9. The molecule has 0 bridgehead atoms. The lowest BCUT2D eigenvalue weighted by molar-refractivity contribution is 0.00754. The summed E-state index contributed by atoms with van der Waals surface area (Å²) in [5.74, 6) is 1.66. The fraction of sp³-hybridized carbons (Fsp3) is 0.462. The van der Waals surface area contributed by atoms with Crippen molar-refractivity contribution >= 4 is 27.8 Å². The highest BCUT2D eigenvalue weighted by Gasteiger charge is 2.42. The molecule has 1 N–H and O–H groups in total. The standard InChI is InChI=1S/C26H30BrNO6/c1-15(16-7-5-4-6-8-16)28-26(30)34-25-23(29)19-14-18(31-2)10-12-21(19)33-24(25)17-9-11-22(32-3)20(27)13-17/h9-16,24-25H,4-8H2,1-3H3,(H,28,30)/t15-,24-,25+/m1/s1. The molecule has 182 valence electrons. The summed E-state index contributed by atoms with van der Waals surface area (Å²) in [5.41, 5.74) is 1.00. The molecular weight excluding hydrogens is 502 g/mol. The van der Waals surface area contributed by atoms with E-state index in [0.29, 0.717) is 38.8 Å². The molecule has 0 saturated heterocycles. The summed E-state index contributed by atoms with van der Waals surface area (Å²) in [5, 5.41) is 2.94. The first-order chi connectivity index (χ1) is 16.4. The molecule has 1 aliphatic carbocycles. The van der Waals surface area contributed by atoms with Crippen molar-refractivity contribution in [3.05, 3.63) is 52.0 Å². The van der Waals surface area contributed by atoms with Gasteiger partial charge in [-0.15, -0.1) is 0 Å². The first-order valence-corrected chi connectivity index (χ1v) is 12.4. The third kappa shape index (κ3) is 5.17. The van der Waals surface area contributed by atoms with E-state index in [9.17, 15) is 9.59 Å². The Morgan fingerprint density at radius 3 is 2.53 bits per heavy atom. The minimum absolute atomic E-state index is 0.0339. The van der Waals surface area contributed by atoms with Gasteiger partial charge in [0.05, 0.1) is 24.3 Å². The van der Waals surface area contributed by atoms with Crippen molar-refractivity contribution in [3.63, 3.8) is 0 Å². The molecule has 8 heteroatoms. The molecule has 0 unspecified atom stereocenters. The number of halogens is 1. The smallest absolute Gasteiger partial charge is 0.408 e. The van der Waals surface area contributed by atoms with Crippen molar-refractivity contribution in [1.82, 2.24) is 5.32 Å². The van der Waals surface area contributed by atoms with Crippen molar-refractivity contribution in [2.24, 2.45) is 5.92 Å². The topological polar surface area (TPSA) is 83.1 Å². The monoisotopic (exact) mass is 531 g/mol. The summed E-state index contributed by atoms with van der Waals surface area (Å²) in [6.07, 6.45) is 3.17. The van der Waals surface area contributed by atoms with E-state index in [1.807, 2.05) is 13.0 Å². The molecule has 3 atom stereocenters. The molecule has 0 radical (unpaired) electrons. The Labute approximate surface area is 208 Å². The first-order valence-electron chi connectivity index (χ1n) is 11.6. The molecule has 1 fully saturated rings. The number of amides is 1. The van der Waals surface area contributed by atoms with Gasteiger partial charge in [-0.3, -0.25) is 4.79 Å². The van der Waals surface area contributed by atoms with Crippen LogP contribution in [-0.2, 0) is 4.74 Å². The molecule has 34 heavy (non-hydrogen) atoms. The van der Waals surface area contributed by atoms with E-state index in [2.05, 4.69) is 21.2 Å². The van der Waals surface area contributed by atoms with Gasteiger partial charge in [0.2, 0.25) is 11.9 Å². The zero-order valence-corrected chi connectivity index (χ0v) is 21.2. The molecule has 2 aromatic rings. The minimum Gasteiger partial charge on any atom is -0.497 e. The fourth-order valence-corrected chi connectivity index (χ4v) is 5.28. The number of ether oxygens (including phenoxy) is 4. The van der Waals surface area contributed by atoms with E-state index in [-0.39, 0.29) is 11.8 Å². The van der Waals surface area contributed by atoms with Crippen LogP contribution in [0, 0.1) is 5.92 Å². The van der Waals surface area contributed by atoms with Crippen LogP contribution < -0.4 is 19.5 Å². The lowest BCUT2D eigenvalue weighted by atomic mass is 9.85. The Morgan fingerprint density at radius 1 is 1.09 bits per heavy atom. The lowest BCUT2D eigenvalue weighted by Crippen LogP contribution is -2.45. The Balaban J connectivity index is 1.60. The second-order valence-corrected chi connectivity index (χ2v) is 9.67. The van der Waals surface area contributed by atoms with Crippen LogP contribution in [0.1, 0.15) is 61.1 Å². The van der Waals surface area contributed by atoms with Crippen LogP contribution in [0.2, 0.25) is 0 Å². The zero-order valence-electron chi connectivity index (χ0n) is 19.6. The number of carbonyl (C=O) groups is 2. The quantitative estimate of drug-likeness (QED) is 0.503. The summed E-state index contributed by atoms with van der Waals surface area (Å²) in [4.78, 5) is 26.4. The van der Waals surface area contributed by atoms with Gasteiger partial charge in [-0.25, -0.2) is 4.79 Å². The average Bonchev–Trinajstić information content (AvgIpc) is 2.85. The third-order valence-electron chi connectivity index (χ3n) is 6.68. The number of rotatable bonds is 6. The van der Waals surface area contributed by atoms with Crippen LogP contribution in [0.4, 0.5) is 4.79 Å². The second-order valence-electron chi connectivity index (χ2n) is 8.82. The van der Waals surface area contributed by atoms with Crippen molar-refractivity contribution < 1.29 is 28.5 Å². The molecule has 4 rings (SSSR count). The van der Waals surface area contributed by atoms with Crippen molar-refractivity contribution in [2.45, 2.75) is 57.3 Å². The van der Waals surface area contributed by atoms with E-state index in [1.54, 1.807) is 37.4 Å². The van der Waals surface area contributed by atoms with Crippen LogP contribution in [0.5, 0.6) is 17.2 Å². The zero-order chi connectivity index (χ0) is 24.2. The molecule has 0 spiro atoms. The Bertz CT molecular complexity index is 1050. The van der Waals surface area contributed by atoms with Gasteiger partial charge in [-0.1, -0.05) is 25.3 Å². The maximum absolute atomic E-state index is 13.5. The number of carbonyl (C=O) groups excluding carboxylic acids is 2. The van der Waals surface area contributed by atoms with E-state index in [0.717, 1.165) is 12.8 Å². The largest absolute Gasteiger partial charge is 0.497 e. The molecule has 1 amide bonds. The van der Waals surface area contributed by atoms with Crippen LogP contribution in [-0.4, -0.2) is 38.2 Å². The molecule has 1 aliphatic heterocycles. The highest BCUT2D eigenvalue weighted by molar-refractivity contribution is 9.10. The Morgan fingerprint density at radius 2 is 1.85 bits per heavy atom. The van der Waals surface area contributed by atoms with Gasteiger partial charge in [-0.2, -0.15) is 0 Å². The number of fused-ring (bicyclic) bond motifs is 1. The number of nitrogens with one attached hydrogen (secondary N) is 1. The number of methoxy groups -OCH3 is 2. The van der Waals surface area contributed by atoms with Crippen LogP contribution >= 0.6 is 15.9 Å². The summed E-state index contributed by atoms with van der Waals surface area (Å²) < 4.78 is 23.3. The van der Waals surface area contributed by atoms with Crippen molar-refractivity contribution in [3.8, 4) is 17.2 Å². The molecule has 1 heterocycles. The normalized spacial score (nSPS) is 21.1. The second kappa shape index (κ2) is 10.7. The highest BCUT2D eigenvalue weighted by Crippen LogP contribution is 2.40. The SMILES string of the molecule is COc1ccc2c(c1)C(=O)[C@H](OC(=O)N[C@H](C)C1CCCCC1)[C@@H](c1ccc(OC)c(Br)c1)O2. The van der Waals surface area contributed by atoms with Gasteiger partial charge in [0, 0.05) is 6.04 Å². The number of ketones is 1. The van der Waals surface area contributed by atoms with Gasteiger partial charge >= 0.3 is 6.09 Å². The molecular formula is C26H30BrNO6. The van der Waals surface area contributed by atoms with E-state index >= 15 is 0 Å². The number of Topliss-reactive ketones (excluding diaryl/α,β-unsaturated/α-hetero) is 1. The van der Waals surface area contributed by atoms with E-state index in [4.69, 9.17) is 18.9 Å². The van der Waals surface area contributed by atoms with E-state index in [1.165, 1.54) is 26.4 Å². The van der Waals surface area contributed by atoms with Gasteiger partial charge in [-0.05, 0) is 77.5 Å². The van der Waals surface area contributed by atoms with Gasteiger partial charge in [0.1, 0.15) is 17.2 Å². The van der Waals surface area contributed by atoms with Crippen LogP contribution in [0.3, 0.4) is 0 Å². The number of benzene rings is 2. The maximum atomic E-state index is 13.5. The van der Waals surface area contributed by atoms with E-state index < -0.39 is 18.3 Å². The van der Waals surface area contributed by atoms with Crippen LogP contribution in [0.15, 0.2) is 40.9 Å². The number of hydrogen-bond donors (Lipinski definition) is 1. The van der Waals surface area contributed by atoms with Gasteiger partial charge in [0.25, 0.3) is 0 Å². The number of alkyl carbamates (subject to hydrolysis) is 1. The maximum Gasteiger partial charge on any atom is 0.408 e. The van der Waals surface area contributed by atoms with Crippen LogP contribution in [0.25, 0.3) is 0 Å². The summed E-state index contributed by atoms with van der Waals surface area (Å²) in [7, 11) is 3.11. The predicted octanol–water partition coefficient (Wildman–Crippen LogP) is 5.85. The molecule has 2 aromatic carbocycles. The average molecular weight is 532 g/mol. The predicted molar refractivity (Wildman–Crippen MR) is 131 cm³/mol. The first kappa shape index (κ1) is 24.4. The molecule has 2 aliphatic rings. The van der Waals surface area contributed by atoms with Crippen molar-refractivity contribution in [2.75, 3.05) is 14.2 Å². The molecule has 0 aromatic heterocycles. The number of hydrogen-bond acceptors (Lipinski definition) is 6. The van der Waals surface area contributed by atoms with Gasteiger partial charge < -0.3 is 24.3 Å². The van der Waals surface area contributed by atoms with Gasteiger partial charge in [0.15, 0.2) is 6.10 Å². The van der Waals surface area contributed by atoms with Crippen molar-refractivity contribution in [1.29, 1.82) is 0 Å². The summed E-state index contributed by atoms with van der Waals surface area (Å²) >= 11 is 3.49. The fourth-order valence-electron chi connectivity index (χ4n) is 4.73. The lowest BCUT2D eigenvalue weighted by Gasteiger charge is -2.33. The Kier molecular flexibility index (Phi) is 7.66. The Hall–Kier alpha value is -2.74. The molecule has 1 saturated carbocycles. The summed E-state index contributed by atoms with van der Waals surface area (Å²) in [6, 6.07) is 10.4. The summed E-state index contributed by atoms with van der Waals surface area (Å²) in [6.45, 7) is 1.99. The molecule has 7 nitrogen and oxygen atoms in total.